The molecule has 1 aliphatic rings. The van der Waals surface area contributed by atoms with Crippen LogP contribution in [-0.4, -0.2) is 28.0 Å². The lowest BCUT2D eigenvalue weighted by molar-refractivity contribution is 0.0601. The Bertz CT molecular complexity index is 1290. The number of imidazole rings is 1. The Morgan fingerprint density at radius 3 is 2.66 bits per heavy atom. The Morgan fingerprint density at radius 2 is 1.88 bits per heavy atom. The molecule has 0 unspecified atom stereocenters. The zero-order chi connectivity index (χ0) is 22.2. The number of esters is 1. The summed E-state index contributed by atoms with van der Waals surface area (Å²) in [6, 6.07) is 12.3. The number of nitrogens with one attached hydrogen (secondary N) is 1. The highest BCUT2D eigenvalue weighted by Gasteiger charge is 2.29. The zero-order valence-corrected chi connectivity index (χ0v) is 18.3. The summed E-state index contributed by atoms with van der Waals surface area (Å²) in [6.45, 7) is 2.22. The highest BCUT2D eigenvalue weighted by Crippen LogP contribution is 2.43. The van der Waals surface area contributed by atoms with Crippen LogP contribution in [0.5, 0.6) is 0 Å². The Hall–Kier alpha value is -3.28. The summed E-state index contributed by atoms with van der Waals surface area (Å²) in [5, 5.41) is 0.933. The Morgan fingerprint density at radius 1 is 1.09 bits per heavy atom. The van der Waals surface area contributed by atoms with Crippen molar-refractivity contribution >= 4 is 27.9 Å². The molecule has 5 rings (SSSR count). The summed E-state index contributed by atoms with van der Waals surface area (Å²) in [6.07, 6.45) is 6.15. The number of carbonyl (C=O) groups is 1. The van der Waals surface area contributed by atoms with E-state index in [4.69, 9.17) is 9.72 Å². The van der Waals surface area contributed by atoms with Crippen LogP contribution in [0.1, 0.15) is 66.2 Å². The van der Waals surface area contributed by atoms with E-state index in [1.807, 2.05) is 18.3 Å². The normalized spacial score (nSPS) is 19.8. The molecule has 32 heavy (non-hydrogen) atoms. The molecule has 0 saturated heterocycles. The van der Waals surface area contributed by atoms with Gasteiger partial charge in [0.25, 0.3) is 0 Å². The second kappa shape index (κ2) is 8.34. The van der Waals surface area contributed by atoms with Crippen LogP contribution in [0.25, 0.3) is 21.9 Å². The number of hydrogen-bond donors (Lipinski definition) is 1. The number of fused-ring (bicyclic) bond motifs is 2. The van der Waals surface area contributed by atoms with Crippen molar-refractivity contribution in [3.63, 3.8) is 0 Å². The largest absolute Gasteiger partial charge is 0.465 e. The lowest BCUT2D eigenvalue weighted by Crippen LogP contribution is -2.19. The number of pyridine rings is 1. The first-order valence-electron chi connectivity index (χ1n) is 11.2. The van der Waals surface area contributed by atoms with Crippen molar-refractivity contribution < 1.29 is 13.9 Å². The van der Waals surface area contributed by atoms with Crippen LogP contribution in [0.15, 0.2) is 48.7 Å². The quantitative estimate of drug-likeness (QED) is 0.396. The molecule has 0 spiro atoms. The predicted octanol–water partition coefficient (Wildman–Crippen LogP) is 6.11. The number of aromatic amines is 1. The van der Waals surface area contributed by atoms with Gasteiger partial charge < -0.3 is 9.72 Å². The smallest absolute Gasteiger partial charge is 0.337 e. The lowest BCUT2D eigenvalue weighted by atomic mass is 9.73. The highest BCUT2D eigenvalue weighted by atomic mass is 19.1. The fourth-order valence-corrected chi connectivity index (χ4v) is 5.14. The predicted molar refractivity (Wildman–Crippen MR) is 122 cm³/mol. The van der Waals surface area contributed by atoms with Crippen molar-refractivity contribution in [2.24, 2.45) is 5.92 Å². The molecule has 2 aromatic carbocycles. The topological polar surface area (TPSA) is 67.9 Å². The van der Waals surface area contributed by atoms with Crippen LogP contribution < -0.4 is 0 Å². The summed E-state index contributed by atoms with van der Waals surface area (Å²) in [7, 11) is 1.38. The van der Waals surface area contributed by atoms with Gasteiger partial charge in [-0.1, -0.05) is 6.92 Å². The number of hydrogen-bond acceptors (Lipinski definition) is 4. The number of ether oxygens (including phenoxy) is 1. The molecule has 164 valence electrons. The van der Waals surface area contributed by atoms with E-state index >= 15 is 0 Å². The van der Waals surface area contributed by atoms with E-state index in [1.54, 1.807) is 24.3 Å². The van der Waals surface area contributed by atoms with Crippen LogP contribution in [-0.2, 0) is 4.74 Å². The Labute approximate surface area is 186 Å². The van der Waals surface area contributed by atoms with Crippen molar-refractivity contribution in [1.82, 2.24) is 15.0 Å². The molecule has 4 aromatic rings. The molecular formula is C26H26FN3O2. The van der Waals surface area contributed by atoms with E-state index in [2.05, 4.69) is 16.9 Å². The first kappa shape index (κ1) is 20.6. The van der Waals surface area contributed by atoms with Gasteiger partial charge in [0.15, 0.2) is 0 Å². The molecule has 2 aromatic heterocycles. The molecule has 1 saturated carbocycles. The van der Waals surface area contributed by atoms with Gasteiger partial charge in [0, 0.05) is 17.5 Å². The van der Waals surface area contributed by atoms with Crippen LogP contribution in [0.2, 0.25) is 0 Å². The minimum Gasteiger partial charge on any atom is -0.465 e. The molecule has 0 radical (unpaired) electrons. The van der Waals surface area contributed by atoms with Crippen molar-refractivity contribution in [2.75, 3.05) is 7.11 Å². The molecule has 2 heterocycles. The summed E-state index contributed by atoms with van der Waals surface area (Å²) < 4.78 is 18.7. The van der Waals surface area contributed by atoms with Crippen molar-refractivity contribution in [1.29, 1.82) is 0 Å². The number of carbonyl (C=O) groups excluding carboxylic acids is 1. The Balaban J connectivity index is 1.32. The molecule has 1 fully saturated rings. The van der Waals surface area contributed by atoms with E-state index < -0.39 is 0 Å². The van der Waals surface area contributed by atoms with Crippen molar-refractivity contribution in [2.45, 2.75) is 44.4 Å². The number of rotatable bonds is 4. The number of methoxy groups -OCH3 is 1. The average molecular weight is 432 g/mol. The number of benzene rings is 2. The summed E-state index contributed by atoms with van der Waals surface area (Å²) in [4.78, 5) is 24.4. The zero-order valence-electron chi connectivity index (χ0n) is 18.3. The monoisotopic (exact) mass is 431 g/mol. The fraction of sp³-hybridized carbons (Fsp3) is 0.346. The maximum atomic E-state index is 13.9. The van der Waals surface area contributed by atoms with Gasteiger partial charge in [0.1, 0.15) is 11.6 Å². The van der Waals surface area contributed by atoms with Crippen molar-refractivity contribution in [3.05, 3.63) is 71.4 Å². The minimum absolute atomic E-state index is 0.214. The average Bonchev–Trinajstić information content (AvgIpc) is 3.26. The van der Waals surface area contributed by atoms with E-state index in [1.165, 1.54) is 18.7 Å². The highest BCUT2D eigenvalue weighted by molar-refractivity contribution is 5.93. The van der Waals surface area contributed by atoms with Crippen LogP contribution in [0.4, 0.5) is 4.39 Å². The molecule has 1 N–H and O–H groups in total. The third-order valence-electron chi connectivity index (χ3n) is 7.01. The van der Waals surface area contributed by atoms with Gasteiger partial charge in [-0.05, 0) is 85.5 Å². The van der Waals surface area contributed by atoms with E-state index in [-0.39, 0.29) is 17.7 Å². The summed E-state index contributed by atoms with van der Waals surface area (Å²) >= 11 is 0. The van der Waals surface area contributed by atoms with Gasteiger partial charge >= 0.3 is 5.97 Å². The standard InChI is InChI=1S/C26H26FN3O2/c1-15(25-29-23-9-7-18(26(31)32-2)13-24(23)30-25)16-3-5-17(6-4-16)20-11-12-28-22-10-8-19(27)14-21(20)22/h7-17H,3-6H2,1-2H3,(H,29,30)/t15-,16?,17?/m1/s1. The Kier molecular flexibility index (Phi) is 5.37. The maximum absolute atomic E-state index is 13.9. The first-order valence-corrected chi connectivity index (χ1v) is 11.2. The second-order valence-electron chi connectivity index (χ2n) is 8.81. The minimum atomic E-state index is -0.349. The maximum Gasteiger partial charge on any atom is 0.337 e. The third kappa shape index (κ3) is 3.74. The molecule has 0 bridgehead atoms. The molecule has 6 heteroatoms. The molecule has 1 aliphatic carbocycles. The van der Waals surface area contributed by atoms with Gasteiger partial charge in [0.05, 0.1) is 29.2 Å². The molecule has 1 atom stereocenters. The second-order valence-corrected chi connectivity index (χ2v) is 8.81. The summed E-state index contributed by atoms with van der Waals surface area (Å²) in [5.74, 6) is 1.63. The first-order chi connectivity index (χ1) is 15.5. The number of H-pyrrole nitrogens is 1. The van der Waals surface area contributed by atoms with E-state index in [9.17, 15) is 9.18 Å². The van der Waals surface area contributed by atoms with Gasteiger partial charge in [-0.3, -0.25) is 4.98 Å². The summed E-state index contributed by atoms with van der Waals surface area (Å²) in [5.41, 5.74) is 4.30. The van der Waals surface area contributed by atoms with Crippen LogP contribution in [0.3, 0.4) is 0 Å². The third-order valence-corrected chi connectivity index (χ3v) is 7.01. The van der Waals surface area contributed by atoms with Gasteiger partial charge in [-0.2, -0.15) is 0 Å². The number of nitrogens with zero attached hydrogens (tertiary/aromatic N) is 2. The van der Waals surface area contributed by atoms with Crippen LogP contribution >= 0.6 is 0 Å². The molecular weight excluding hydrogens is 405 g/mol. The van der Waals surface area contributed by atoms with Gasteiger partial charge in [-0.15, -0.1) is 0 Å². The molecule has 0 aliphatic heterocycles. The van der Waals surface area contributed by atoms with Gasteiger partial charge in [-0.25, -0.2) is 14.2 Å². The fourth-order valence-electron chi connectivity index (χ4n) is 5.14. The molecule has 0 amide bonds. The van der Waals surface area contributed by atoms with E-state index in [0.29, 0.717) is 17.4 Å². The van der Waals surface area contributed by atoms with Crippen LogP contribution in [0, 0.1) is 11.7 Å². The lowest BCUT2D eigenvalue weighted by Gasteiger charge is -2.32. The molecule has 5 nitrogen and oxygen atoms in total. The van der Waals surface area contributed by atoms with Crippen molar-refractivity contribution in [3.8, 4) is 0 Å². The number of aromatic nitrogens is 3. The van der Waals surface area contributed by atoms with E-state index in [0.717, 1.165) is 53.4 Å². The van der Waals surface area contributed by atoms with Gasteiger partial charge in [0.2, 0.25) is 0 Å². The SMILES string of the molecule is COC(=O)c1ccc2nc([C@H](C)C3CCC(c4ccnc5ccc(F)cc45)CC3)[nH]c2c1. The number of halogens is 1.